The molecule has 8 heteroatoms. The number of fused-ring (bicyclic) bond motifs is 1. The highest BCUT2D eigenvalue weighted by Gasteiger charge is 2.35. The van der Waals surface area contributed by atoms with Gasteiger partial charge in [-0.2, -0.15) is 13.2 Å². The molecule has 1 aromatic heterocycles. The third kappa shape index (κ3) is 3.18. The van der Waals surface area contributed by atoms with Gasteiger partial charge in [-0.05, 0) is 36.4 Å². The lowest BCUT2D eigenvalue weighted by molar-refractivity contribution is -0.137. The van der Waals surface area contributed by atoms with Crippen molar-refractivity contribution in [2.45, 2.75) is 6.18 Å². The molecule has 1 heterocycles. The Bertz CT molecular complexity index is 1020. The van der Waals surface area contributed by atoms with E-state index in [1.807, 2.05) is 0 Å². The predicted molar refractivity (Wildman–Crippen MR) is 81.3 cm³/mol. The second-order valence-electron chi connectivity index (χ2n) is 5.09. The summed E-state index contributed by atoms with van der Waals surface area (Å²) in [6.07, 6.45) is -4.77. The molecule has 5 nitrogen and oxygen atoms in total. The third-order valence-electron chi connectivity index (χ3n) is 3.49. The second-order valence-corrected chi connectivity index (χ2v) is 5.09. The van der Waals surface area contributed by atoms with Crippen LogP contribution < -0.4 is 10.4 Å². The van der Waals surface area contributed by atoms with E-state index in [-0.39, 0.29) is 23.4 Å². The first-order valence-corrected chi connectivity index (χ1v) is 6.88. The van der Waals surface area contributed by atoms with Gasteiger partial charge in [0.25, 0.3) is 6.47 Å². The van der Waals surface area contributed by atoms with E-state index in [0.29, 0.717) is 11.5 Å². The van der Waals surface area contributed by atoms with E-state index in [9.17, 15) is 27.9 Å². The van der Waals surface area contributed by atoms with Crippen molar-refractivity contribution in [1.29, 1.82) is 0 Å². The summed E-state index contributed by atoms with van der Waals surface area (Å²) in [7, 11) is 0. The van der Waals surface area contributed by atoms with Gasteiger partial charge in [-0.1, -0.05) is 0 Å². The molecule has 0 aliphatic heterocycles. The number of hydrogen-bond donors (Lipinski definition) is 1. The molecule has 0 radical (unpaired) electrons. The van der Waals surface area contributed by atoms with Crippen molar-refractivity contribution in [3.05, 3.63) is 58.4 Å². The van der Waals surface area contributed by atoms with E-state index in [1.165, 1.54) is 24.3 Å². The molecule has 0 amide bonds. The van der Waals surface area contributed by atoms with Gasteiger partial charge in [-0.15, -0.1) is 0 Å². The highest BCUT2D eigenvalue weighted by Crippen LogP contribution is 2.38. The Morgan fingerprint density at radius 3 is 2.48 bits per heavy atom. The van der Waals surface area contributed by atoms with Gasteiger partial charge in [-0.3, -0.25) is 4.79 Å². The van der Waals surface area contributed by atoms with E-state index in [1.54, 1.807) is 0 Å². The number of carbonyl (C=O) groups excluding carboxylic acids is 1. The standard InChI is InChI=1S/C17H9F3O5/c18-17(19,20)14-6-10(22)2-4-12(14)13-5-9-1-3-11(24-8-21)7-15(9)25-16(13)23/h1-8,22H. The van der Waals surface area contributed by atoms with Gasteiger partial charge in [0.15, 0.2) is 0 Å². The van der Waals surface area contributed by atoms with Gasteiger partial charge in [0.1, 0.15) is 17.1 Å². The molecule has 0 bridgehead atoms. The summed E-state index contributed by atoms with van der Waals surface area (Å²) >= 11 is 0. The number of ether oxygens (including phenoxy) is 1. The first kappa shape index (κ1) is 16.6. The van der Waals surface area contributed by atoms with E-state index < -0.39 is 28.7 Å². The molecule has 25 heavy (non-hydrogen) atoms. The molecular weight excluding hydrogens is 341 g/mol. The van der Waals surface area contributed by atoms with Crippen LogP contribution in [0.2, 0.25) is 0 Å². The lowest BCUT2D eigenvalue weighted by atomic mass is 9.99. The average Bonchev–Trinajstić information content (AvgIpc) is 2.54. The first-order chi connectivity index (χ1) is 11.8. The maximum absolute atomic E-state index is 13.2. The molecule has 0 aliphatic rings. The van der Waals surface area contributed by atoms with Gasteiger partial charge in [0, 0.05) is 17.0 Å². The maximum Gasteiger partial charge on any atom is 0.417 e. The lowest BCUT2D eigenvalue weighted by Gasteiger charge is -2.13. The van der Waals surface area contributed by atoms with Crippen molar-refractivity contribution in [2.75, 3.05) is 0 Å². The highest BCUT2D eigenvalue weighted by atomic mass is 19.4. The number of phenols is 1. The van der Waals surface area contributed by atoms with Crippen molar-refractivity contribution in [1.82, 2.24) is 0 Å². The number of halogens is 3. The summed E-state index contributed by atoms with van der Waals surface area (Å²) in [6, 6.07) is 7.95. The van der Waals surface area contributed by atoms with Gasteiger partial charge in [0.05, 0.1) is 11.1 Å². The fourth-order valence-corrected chi connectivity index (χ4v) is 2.41. The molecule has 3 aromatic rings. The van der Waals surface area contributed by atoms with E-state index in [4.69, 9.17) is 4.42 Å². The molecule has 1 N–H and O–H groups in total. The Balaban J connectivity index is 2.23. The summed E-state index contributed by atoms with van der Waals surface area (Å²) in [5, 5.41) is 9.67. The predicted octanol–water partition coefficient (Wildman–Crippen LogP) is 3.72. The van der Waals surface area contributed by atoms with E-state index >= 15 is 0 Å². The minimum atomic E-state index is -4.77. The zero-order valence-electron chi connectivity index (χ0n) is 12.3. The number of hydrogen-bond acceptors (Lipinski definition) is 5. The first-order valence-electron chi connectivity index (χ1n) is 6.88. The molecule has 0 saturated carbocycles. The average molecular weight is 350 g/mol. The summed E-state index contributed by atoms with van der Waals surface area (Å²) in [4.78, 5) is 22.5. The quantitative estimate of drug-likeness (QED) is 0.575. The van der Waals surface area contributed by atoms with Gasteiger partial charge < -0.3 is 14.3 Å². The van der Waals surface area contributed by atoms with Crippen LogP contribution >= 0.6 is 0 Å². The minimum Gasteiger partial charge on any atom is -0.508 e. The molecule has 0 spiro atoms. The molecule has 0 aliphatic carbocycles. The van der Waals surface area contributed by atoms with Gasteiger partial charge >= 0.3 is 11.8 Å². The van der Waals surface area contributed by atoms with E-state index in [0.717, 1.165) is 12.1 Å². The molecule has 128 valence electrons. The summed E-state index contributed by atoms with van der Waals surface area (Å²) < 4.78 is 49.3. The van der Waals surface area contributed by atoms with Gasteiger partial charge in [-0.25, -0.2) is 4.79 Å². The zero-order chi connectivity index (χ0) is 18.2. The zero-order valence-corrected chi connectivity index (χ0v) is 12.3. The summed E-state index contributed by atoms with van der Waals surface area (Å²) in [5.41, 5.74) is -2.80. The van der Waals surface area contributed by atoms with Crippen LogP contribution in [0.5, 0.6) is 11.5 Å². The maximum atomic E-state index is 13.2. The fraction of sp³-hybridized carbons (Fsp3) is 0.0588. The summed E-state index contributed by atoms with van der Waals surface area (Å²) in [5.74, 6) is -0.448. The Labute approximate surface area is 137 Å². The van der Waals surface area contributed by atoms with Crippen LogP contribution in [0.25, 0.3) is 22.1 Å². The van der Waals surface area contributed by atoms with Crippen LogP contribution in [-0.4, -0.2) is 11.6 Å². The Kier molecular flexibility index (Phi) is 3.96. The molecule has 0 saturated heterocycles. The third-order valence-corrected chi connectivity index (χ3v) is 3.49. The number of rotatable bonds is 3. The number of phenolic OH excluding ortho intramolecular Hbond substituents is 1. The van der Waals surface area contributed by atoms with Crippen LogP contribution in [-0.2, 0) is 11.0 Å². The number of benzene rings is 2. The highest BCUT2D eigenvalue weighted by molar-refractivity contribution is 5.83. The van der Waals surface area contributed by atoms with Crippen LogP contribution in [0.15, 0.2) is 51.7 Å². The molecule has 0 atom stereocenters. The SMILES string of the molecule is O=COc1ccc2cc(-c3ccc(O)cc3C(F)(F)F)c(=O)oc2c1. The molecule has 3 rings (SSSR count). The monoisotopic (exact) mass is 350 g/mol. The molecule has 0 fully saturated rings. The van der Waals surface area contributed by atoms with Crippen LogP contribution in [0.4, 0.5) is 13.2 Å². The van der Waals surface area contributed by atoms with Crippen LogP contribution in [0.3, 0.4) is 0 Å². The van der Waals surface area contributed by atoms with Crippen molar-refractivity contribution >= 4 is 17.4 Å². The number of carbonyl (C=O) groups is 1. The second kappa shape index (κ2) is 5.97. The number of aromatic hydroxyl groups is 1. The topological polar surface area (TPSA) is 76.7 Å². The molecule has 0 unspecified atom stereocenters. The van der Waals surface area contributed by atoms with Crippen molar-refractivity contribution in [3.8, 4) is 22.6 Å². The Morgan fingerprint density at radius 2 is 1.80 bits per heavy atom. The Morgan fingerprint density at radius 1 is 1.04 bits per heavy atom. The van der Waals surface area contributed by atoms with Crippen molar-refractivity contribution in [3.63, 3.8) is 0 Å². The number of alkyl halides is 3. The van der Waals surface area contributed by atoms with Gasteiger partial charge in [0.2, 0.25) is 0 Å². The minimum absolute atomic E-state index is 0.0560. The Hall–Kier alpha value is -3.29. The normalized spacial score (nSPS) is 11.5. The van der Waals surface area contributed by atoms with Crippen molar-refractivity contribution in [2.24, 2.45) is 0 Å². The van der Waals surface area contributed by atoms with Crippen molar-refractivity contribution < 1.29 is 32.2 Å². The van der Waals surface area contributed by atoms with Crippen LogP contribution in [0.1, 0.15) is 5.56 Å². The fourth-order valence-electron chi connectivity index (χ4n) is 2.41. The molecular formula is C17H9F3O5. The smallest absolute Gasteiger partial charge is 0.417 e. The van der Waals surface area contributed by atoms with E-state index in [2.05, 4.69) is 4.74 Å². The summed E-state index contributed by atoms with van der Waals surface area (Å²) in [6.45, 7) is 0.194. The van der Waals surface area contributed by atoms with Crippen LogP contribution in [0, 0.1) is 0 Å². The largest absolute Gasteiger partial charge is 0.508 e. The lowest BCUT2D eigenvalue weighted by Crippen LogP contribution is -2.11. The molecule has 2 aromatic carbocycles.